The molecule has 1 fully saturated rings. The summed E-state index contributed by atoms with van der Waals surface area (Å²) in [6, 6.07) is 8.45. The van der Waals surface area contributed by atoms with Crippen LogP contribution in [0, 0.1) is 5.41 Å². The van der Waals surface area contributed by atoms with Crippen LogP contribution < -0.4 is 10.6 Å². The van der Waals surface area contributed by atoms with Crippen molar-refractivity contribution in [1.82, 2.24) is 15.5 Å². The van der Waals surface area contributed by atoms with Crippen LogP contribution in [0.5, 0.6) is 0 Å². The Kier molecular flexibility index (Phi) is 7.21. The highest BCUT2D eigenvalue weighted by molar-refractivity contribution is 5.83. The van der Waals surface area contributed by atoms with Crippen LogP contribution in [0.2, 0.25) is 0 Å². The number of carbonyl (C=O) groups is 1. The second-order valence-electron chi connectivity index (χ2n) is 6.80. The van der Waals surface area contributed by atoms with E-state index in [1.165, 1.54) is 5.56 Å². The number of nitrogens with one attached hydrogen (secondary N) is 2. The van der Waals surface area contributed by atoms with Crippen LogP contribution in [-0.4, -0.2) is 51.2 Å². The van der Waals surface area contributed by atoms with E-state index in [2.05, 4.69) is 53.8 Å². The van der Waals surface area contributed by atoms with E-state index >= 15 is 0 Å². The van der Waals surface area contributed by atoms with Crippen LogP contribution in [0.25, 0.3) is 0 Å². The summed E-state index contributed by atoms with van der Waals surface area (Å²) in [5.74, 6) is 0.113. The number of rotatable bonds is 8. The molecule has 2 rings (SSSR count). The van der Waals surface area contributed by atoms with Gasteiger partial charge in [-0.05, 0) is 50.7 Å². The molecule has 5 nitrogen and oxygen atoms in total. The number of methoxy groups -OCH3 is 1. The minimum Gasteiger partial charge on any atom is -0.384 e. The molecule has 0 atom stereocenters. The summed E-state index contributed by atoms with van der Waals surface area (Å²) in [6.07, 6.45) is 1.65. The molecular formula is C19H31N3O2. The molecule has 0 aliphatic carbocycles. The Hall–Kier alpha value is -1.43. The number of hydrogen-bond acceptors (Lipinski definition) is 4. The summed E-state index contributed by atoms with van der Waals surface area (Å²) >= 11 is 0. The highest BCUT2D eigenvalue weighted by Gasteiger charge is 2.39. The van der Waals surface area contributed by atoms with E-state index in [0.29, 0.717) is 13.2 Å². The van der Waals surface area contributed by atoms with Gasteiger partial charge in [-0.25, -0.2) is 0 Å². The van der Waals surface area contributed by atoms with E-state index in [1.54, 1.807) is 7.11 Å². The maximum atomic E-state index is 12.8. The normalized spacial score (nSPS) is 17.0. The number of benzene rings is 1. The smallest absolute Gasteiger partial charge is 0.228 e. The molecule has 0 spiro atoms. The van der Waals surface area contributed by atoms with Crippen molar-refractivity contribution >= 4 is 5.91 Å². The molecule has 24 heavy (non-hydrogen) atoms. The zero-order valence-corrected chi connectivity index (χ0v) is 15.2. The lowest BCUT2D eigenvalue weighted by Gasteiger charge is -2.35. The number of ether oxygens (including phenoxy) is 1. The van der Waals surface area contributed by atoms with Gasteiger partial charge in [0.05, 0.1) is 12.0 Å². The Bertz CT molecular complexity index is 522. The van der Waals surface area contributed by atoms with Crippen LogP contribution in [0.4, 0.5) is 0 Å². The molecule has 5 heteroatoms. The lowest BCUT2D eigenvalue weighted by atomic mass is 9.78. The quantitative estimate of drug-likeness (QED) is 0.761. The van der Waals surface area contributed by atoms with Crippen LogP contribution in [-0.2, 0) is 22.6 Å². The van der Waals surface area contributed by atoms with Gasteiger partial charge in [0.2, 0.25) is 5.91 Å². The third-order valence-electron chi connectivity index (χ3n) is 4.90. The average Bonchev–Trinajstić information content (AvgIpc) is 2.61. The van der Waals surface area contributed by atoms with Gasteiger partial charge in [0, 0.05) is 20.2 Å². The molecule has 1 aromatic carbocycles. The molecule has 1 aliphatic rings. The van der Waals surface area contributed by atoms with Crippen LogP contribution in [0.1, 0.15) is 30.9 Å². The third kappa shape index (κ3) is 5.03. The van der Waals surface area contributed by atoms with Crippen molar-refractivity contribution in [2.24, 2.45) is 5.41 Å². The predicted octanol–water partition coefficient (Wildman–Crippen LogP) is 1.77. The van der Waals surface area contributed by atoms with Crippen molar-refractivity contribution < 1.29 is 9.53 Å². The van der Waals surface area contributed by atoms with Crippen LogP contribution >= 0.6 is 0 Å². The highest BCUT2D eigenvalue weighted by Crippen LogP contribution is 2.29. The van der Waals surface area contributed by atoms with Gasteiger partial charge >= 0.3 is 0 Å². The number of nitrogens with zero attached hydrogens (tertiary/aromatic N) is 1. The SMILES string of the molecule is CCN(C)Cc1cccc(CNC(=O)C2(COC)CCNCC2)c1. The minimum atomic E-state index is -0.389. The largest absolute Gasteiger partial charge is 0.384 e. The van der Waals surface area contributed by atoms with Crippen molar-refractivity contribution in [1.29, 1.82) is 0 Å². The maximum Gasteiger partial charge on any atom is 0.228 e. The lowest BCUT2D eigenvalue weighted by molar-refractivity contribution is -0.136. The first kappa shape index (κ1) is 18.9. The minimum absolute atomic E-state index is 0.113. The summed E-state index contributed by atoms with van der Waals surface area (Å²) in [7, 11) is 3.78. The van der Waals surface area contributed by atoms with Crippen molar-refractivity contribution in [3.8, 4) is 0 Å². The summed E-state index contributed by atoms with van der Waals surface area (Å²) in [5, 5.41) is 6.45. The monoisotopic (exact) mass is 333 g/mol. The fourth-order valence-corrected chi connectivity index (χ4v) is 3.25. The lowest BCUT2D eigenvalue weighted by Crippen LogP contribution is -2.49. The van der Waals surface area contributed by atoms with Gasteiger partial charge in [0.25, 0.3) is 0 Å². The highest BCUT2D eigenvalue weighted by atomic mass is 16.5. The first-order valence-electron chi connectivity index (χ1n) is 8.84. The van der Waals surface area contributed by atoms with Gasteiger partial charge in [-0.3, -0.25) is 4.79 Å². The van der Waals surface area contributed by atoms with E-state index < -0.39 is 0 Å². The molecular weight excluding hydrogens is 302 g/mol. The second-order valence-corrected chi connectivity index (χ2v) is 6.80. The fourth-order valence-electron chi connectivity index (χ4n) is 3.25. The van der Waals surface area contributed by atoms with Crippen molar-refractivity contribution in [3.05, 3.63) is 35.4 Å². The Balaban J connectivity index is 1.96. The van der Waals surface area contributed by atoms with E-state index in [4.69, 9.17) is 4.74 Å². The standard InChI is InChI=1S/C19H31N3O2/c1-4-22(2)14-17-7-5-6-16(12-17)13-21-18(23)19(15-24-3)8-10-20-11-9-19/h5-7,12,20H,4,8-11,13-15H2,1-3H3,(H,21,23). The Morgan fingerprint density at radius 3 is 2.71 bits per heavy atom. The zero-order valence-electron chi connectivity index (χ0n) is 15.2. The average molecular weight is 333 g/mol. The number of carbonyl (C=O) groups excluding carboxylic acids is 1. The van der Waals surface area contributed by atoms with E-state index in [1.807, 2.05) is 0 Å². The third-order valence-corrected chi connectivity index (χ3v) is 4.90. The van der Waals surface area contributed by atoms with Crippen LogP contribution in [0.15, 0.2) is 24.3 Å². The molecule has 0 radical (unpaired) electrons. The molecule has 1 heterocycles. The topological polar surface area (TPSA) is 53.6 Å². The van der Waals surface area contributed by atoms with Crippen LogP contribution in [0.3, 0.4) is 0 Å². The van der Waals surface area contributed by atoms with E-state index in [0.717, 1.165) is 44.6 Å². The molecule has 1 amide bonds. The summed E-state index contributed by atoms with van der Waals surface area (Å²) in [4.78, 5) is 15.0. The first-order valence-corrected chi connectivity index (χ1v) is 8.84. The molecule has 134 valence electrons. The number of amides is 1. The van der Waals surface area contributed by atoms with Crippen molar-refractivity contribution in [2.75, 3.05) is 40.4 Å². The molecule has 0 unspecified atom stereocenters. The Morgan fingerprint density at radius 2 is 2.04 bits per heavy atom. The maximum absolute atomic E-state index is 12.8. The number of hydrogen-bond donors (Lipinski definition) is 2. The molecule has 0 saturated carbocycles. The van der Waals surface area contributed by atoms with Gasteiger partial charge in [-0.15, -0.1) is 0 Å². The Labute approximate surface area is 145 Å². The number of piperidine rings is 1. The summed E-state index contributed by atoms with van der Waals surface area (Å²) < 4.78 is 5.34. The summed E-state index contributed by atoms with van der Waals surface area (Å²) in [6.45, 7) is 6.90. The predicted molar refractivity (Wildman–Crippen MR) is 96.7 cm³/mol. The van der Waals surface area contributed by atoms with Gasteiger partial charge in [0.15, 0.2) is 0 Å². The van der Waals surface area contributed by atoms with Gasteiger partial charge < -0.3 is 20.3 Å². The van der Waals surface area contributed by atoms with Crippen molar-refractivity contribution in [2.45, 2.75) is 32.9 Å². The fraction of sp³-hybridized carbons (Fsp3) is 0.632. The van der Waals surface area contributed by atoms with E-state index in [9.17, 15) is 4.79 Å². The molecule has 1 aromatic rings. The second kappa shape index (κ2) is 9.16. The molecule has 0 bridgehead atoms. The summed E-state index contributed by atoms with van der Waals surface area (Å²) in [5.41, 5.74) is 2.03. The first-order chi connectivity index (χ1) is 11.6. The molecule has 1 saturated heterocycles. The Morgan fingerprint density at radius 1 is 1.33 bits per heavy atom. The van der Waals surface area contributed by atoms with Gasteiger partial charge in [0.1, 0.15) is 0 Å². The van der Waals surface area contributed by atoms with E-state index in [-0.39, 0.29) is 11.3 Å². The zero-order chi connectivity index (χ0) is 17.4. The molecule has 2 N–H and O–H groups in total. The molecule has 1 aliphatic heterocycles. The van der Waals surface area contributed by atoms with Gasteiger partial charge in [-0.2, -0.15) is 0 Å². The van der Waals surface area contributed by atoms with Crippen molar-refractivity contribution in [3.63, 3.8) is 0 Å². The van der Waals surface area contributed by atoms with Gasteiger partial charge in [-0.1, -0.05) is 31.2 Å². The molecule has 0 aromatic heterocycles.